The third kappa shape index (κ3) is 4.52. The van der Waals surface area contributed by atoms with Gasteiger partial charge in [-0.3, -0.25) is 9.59 Å². The van der Waals surface area contributed by atoms with Gasteiger partial charge in [-0.25, -0.2) is 4.68 Å². The summed E-state index contributed by atoms with van der Waals surface area (Å²) in [5, 5.41) is 10.5. The van der Waals surface area contributed by atoms with E-state index in [-0.39, 0.29) is 18.4 Å². The summed E-state index contributed by atoms with van der Waals surface area (Å²) in [6.45, 7) is 3.95. The molecule has 148 valence electrons. The Morgan fingerprint density at radius 1 is 1.17 bits per heavy atom. The highest BCUT2D eigenvalue weighted by Gasteiger charge is 2.23. The van der Waals surface area contributed by atoms with Gasteiger partial charge in [-0.15, -0.1) is 0 Å². The van der Waals surface area contributed by atoms with Crippen molar-refractivity contribution in [3.8, 4) is 16.9 Å². The molecule has 1 fully saturated rings. The van der Waals surface area contributed by atoms with Gasteiger partial charge >= 0.3 is 0 Å². The van der Waals surface area contributed by atoms with Crippen molar-refractivity contribution in [3.63, 3.8) is 0 Å². The van der Waals surface area contributed by atoms with Gasteiger partial charge in [0.2, 0.25) is 0 Å². The first-order chi connectivity index (χ1) is 14.1. The highest BCUT2D eigenvalue weighted by molar-refractivity contribution is 5.91. The van der Waals surface area contributed by atoms with Gasteiger partial charge in [0.15, 0.2) is 13.1 Å². The van der Waals surface area contributed by atoms with Crippen LogP contribution in [0.25, 0.3) is 16.9 Å². The topological polar surface area (TPSA) is 80.5 Å². The van der Waals surface area contributed by atoms with Crippen LogP contribution in [0.1, 0.15) is 5.56 Å². The van der Waals surface area contributed by atoms with E-state index in [9.17, 15) is 9.59 Å². The van der Waals surface area contributed by atoms with Crippen molar-refractivity contribution in [1.82, 2.24) is 15.1 Å². The lowest BCUT2D eigenvalue weighted by atomic mass is 10.1. The van der Waals surface area contributed by atoms with Gasteiger partial charge in [-0.1, -0.05) is 48.0 Å². The number of aromatic nitrogens is 2. The first-order valence-corrected chi connectivity index (χ1v) is 9.71. The van der Waals surface area contributed by atoms with Crippen molar-refractivity contribution < 1.29 is 14.5 Å². The van der Waals surface area contributed by atoms with Crippen molar-refractivity contribution >= 4 is 17.6 Å². The minimum Gasteiger partial charge on any atom is -0.346 e. The van der Waals surface area contributed by atoms with Crippen LogP contribution >= 0.6 is 0 Å². The van der Waals surface area contributed by atoms with Crippen molar-refractivity contribution in [2.24, 2.45) is 0 Å². The van der Waals surface area contributed by atoms with Crippen LogP contribution in [0.3, 0.4) is 0 Å². The zero-order valence-electron chi connectivity index (χ0n) is 16.3. The number of para-hydroxylation sites is 1. The van der Waals surface area contributed by atoms with E-state index in [4.69, 9.17) is 5.10 Å². The number of rotatable bonds is 5. The number of benzene rings is 2. The molecule has 1 atom stereocenters. The molecule has 0 spiro atoms. The third-order valence-electron chi connectivity index (χ3n) is 4.95. The molecule has 3 aromatic rings. The molecule has 3 N–H and O–H groups in total. The molecule has 7 heteroatoms. The Balaban J connectivity index is 1.59. The summed E-state index contributed by atoms with van der Waals surface area (Å²) in [5.74, 6) is 0.454. The quantitative estimate of drug-likeness (QED) is 0.603. The van der Waals surface area contributed by atoms with E-state index in [0.29, 0.717) is 18.9 Å². The fourth-order valence-electron chi connectivity index (χ4n) is 3.42. The predicted octanol–water partition coefficient (Wildman–Crippen LogP) is 0.801. The zero-order chi connectivity index (χ0) is 20.2. The maximum atomic E-state index is 12.7. The van der Waals surface area contributed by atoms with Crippen LogP contribution in [0.2, 0.25) is 0 Å². The van der Waals surface area contributed by atoms with Crippen LogP contribution in [0, 0.1) is 6.92 Å². The van der Waals surface area contributed by atoms with Crippen LogP contribution < -0.4 is 15.5 Å². The summed E-state index contributed by atoms with van der Waals surface area (Å²) in [4.78, 5) is 25.2. The largest absolute Gasteiger partial charge is 0.346 e. The number of carbonyl (C=O) groups excluding carboxylic acids is 2. The first kappa shape index (κ1) is 18.9. The van der Waals surface area contributed by atoms with Gasteiger partial charge < -0.3 is 15.5 Å². The number of nitrogens with one attached hydrogen (secondary N) is 3. The molecule has 0 saturated carbocycles. The second-order valence-corrected chi connectivity index (χ2v) is 7.28. The van der Waals surface area contributed by atoms with Crippen LogP contribution in [0.5, 0.6) is 0 Å². The molecule has 4 rings (SSSR count). The number of carbonyl (C=O) groups is 2. The zero-order valence-corrected chi connectivity index (χ0v) is 16.3. The molecule has 0 radical (unpaired) electrons. The standard InChI is InChI=1S/C22H23N5O2/c1-16-7-9-17(10-8-16)19-13-20(27(25-19)18-5-3-2-4-6-18)24-22(29)15-26-12-11-23-21(28)14-26/h2-10,13H,11-12,14-15H2,1H3,(H,23,28)(H,24,29)/p+1. The molecule has 7 nitrogen and oxygen atoms in total. The molecule has 1 aliphatic rings. The molecule has 1 saturated heterocycles. The number of aryl methyl sites for hydroxylation is 1. The lowest BCUT2D eigenvalue weighted by Crippen LogP contribution is -3.16. The molecule has 2 heterocycles. The van der Waals surface area contributed by atoms with Gasteiger partial charge in [-0.2, -0.15) is 5.10 Å². The lowest BCUT2D eigenvalue weighted by Gasteiger charge is -2.22. The number of hydrogen-bond donors (Lipinski definition) is 3. The minimum absolute atomic E-state index is 0.0185. The molecule has 29 heavy (non-hydrogen) atoms. The summed E-state index contributed by atoms with van der Waals surface area (Å²) in [5.41, 5.74) is 3.82. The number of amides is 2. The van der Waals surface area contributed by atoms with E-state index in [1.807, 2.05) is 67.6 Å². The summed E-state index contributed by atoms with van der Waals surface area (Å²) >= 11 is 0. The van der Waals surface area contributed by atoms with E-state index in [0.717, 1.165) is 28.4 Å². The Bertz CT molecular complexity index is 1010. The maximum absolute atomic E-state index is 12.7. The summed E-state index contributed by atoms with van der Waals surface area (Å²) in [6, 6.07) is 19.7. The number of hydrogen-bond acceptors (Lipinski definition) is 3. The maximum Gasteiger partial charge on any atom is 0.280 e. The van der Waals surface area contributed by atoms with Crippen LogP contribution in [0.4, 0.5) is 5.82 Å². The Hall–Kier alpha value is -3.45. The monoisotopic (exact) mass is 390 g/mol. The molecule has 2 aromatic carbocycles. The van der Waals surface area contributed by atoms with Gasteiger partial charge in [-0.05, 0) is 19.1 Å². The molecule has 0 bridgehead atoms. The van der Waals surface area contributed by atoms with Gasteiger partial charge in [0, 0.05) is 11.6 Å². The summed E-state index contributed by atoms with van der Waals surface area (Å²) in [7, 11) is 0. The van der Waals surface area contributed by atoms with E-state index in [1.54, 1.807) is 4.68 Å². The smallest absolute Gasteiger partial charge is 0.280 e. The van der Waals surface area contributed by atoms with E-state index < -0.39 is 0 Å². The fourth-order valence-corrected chi connectivity index (χ4v) is 3.42. The Morgan fingerprint density at radius 2 is 1.93 bits per heavy atom. The predicted molar refractivity (Wildman–Crippen MR) is 111 cm³/mol. The molecular weight excluding hydrogens is 366 g/mol. The normalized spacial score (nSPS) is 16.3. The number of nitrogens with zero attached hydrogens (tertiary/aromatic N) is 2. The Morgan fingerprint density at radius 3 is 2.66 bits per heavy atom. The number of quaternary nitrogens is 1. The van der Waals surface area contributed by atoms with Crippen LogP contribution in [-0.2, 0) is 9.59 Å². The highest BCUT2D eigenvalue weighted by atomic mass is 16.2. The summed E-state index contributed by atoms with van der Waals surface area (Å²) in [6.07, 6.45) is 0. The Labute approximate surface area is 169 Å². The molecule has 1 aromatic heterocycles. The molecule has 1 aliphatic heterocycles. The molecular formula is C22H24N5O2+. The summed E-state index contributed by atoms with van der Waals surface area (Å²) < 4.78 is 1.74. The van der Waals surface area contributed by atoms with Crippen molar-refractivity contribution in [2.75, 3.05) is 31.5 Å². The molecule has 1 unspecified atom stereocenters. The number of anilines is 1. The minimum atomic E-state index is -0.137. The van der Waals surface area contributed by atoms with Crippen LogP contribution in [0.15, 0.2) is 60.7 Å². The fraction of sp³-hybridized carbons (Fsp3) is 0.227. The van der Waals surface area contributed by atoms with Crippen molar-refractivity contribution in [3.05, 3.63) is 66.2 Å². The van der Waals surface area contributed by atoms with Gasteiger partial charge in [0.25, 0.3) is 11.8 Å². The second kappa shape index (κ2) is 8.28. The average molecular weight is 390 g/mol. The Kier molecular flexibility index (Phi) is 5.39. The molecule has 2 amide bonds. The molecule has 0 aliphatic carbocycles. The van der Waals surface area contributed by atoms with E-state index in [2.05, 4.69) is 10.6 Å². The van der Waals surface area contributed by atoms with Gasteiger partial charge in [0.1, 0.15) is 5.82 Å². The lowest BCUT2D eigenvalue weighted by molar-refractivity contribution is -0.885. The van der Waals surface area contributed by atoms with E-state index >= 15 is 0 Å². The van der Waals surface area contributed by atoms with Crippen LogP contribution in [-0.4, -0.2) is 47.8 Å². The van der Waals surface area contributed by atoms with Crippen molar-refractivity contribution in [2.45, 2.75) is 6.92 Å². The number of piperazine rings is 1. The highest BCUT2D eigenvalue weighted by Crippen LogP contribution is 2.25. The third-order valence-corrected chi connectivity index (χ3v) is 4.95. The van der Waals surface area contributed by atoms with Crippen molar-refractivity contribution in [1.29, 1.82) is 0 Å². The first-order valence-electron chi connectivity index (χ1n) is 9.71. The SMILES string of the molecule is Cc1ccc(-c2cc(NC(=O)C[NH+]3CCNC(=O)C3)n(-c3ccccc3)n2)cc1. The van der Waals surface area contributed by atoms with Gasteiger partial charge in [0.05, 0.1) is 24.5 Å². The average Bonchev–Trinajstić information content (AvgIpc) is 3.12. The van der Waals surface area contributed by atoms with E-state index in [1.165, 1.54) is 5.56 Å². The second-order valence-electron chi connectivity index (χ2n) is 7.28.